The van der Waals surface area contributed by atoms with Gasteiger partial charge in [-0.1, -0.05) is 41.9 Å². The molecule has 4 nitrogen and oxygen atoms in total. The zero-order valence-electron chi connectivity index (χ0n) is 15.3. The number of aryl methyl sites for hydroxylation is 1. The number of alkyl halides is 3. The Bertz CT molecular complexity index is 1150. The van der Waals surface area contributed by atoms with Gasteiger partial charge in [0.1, 0.15) is 17.6 Å². The van der Waals surface area contributed by atoms with Crippen LogP contribution in [0.5, 0.6) is 0 Å². The van der Waals surface area contributed by atoms with Gasteiger partial charge in [-0.15, -0.1) is 0 Å². The van der Waals surface area contributed by atoms with E-state index >= 15 is 0 Å². The number of rotatable bonds is 4. The van der Waals surface area contributed by atoms with E-state index in [4.69, 9.17) is 11.6 Å². The first-order valence-corrected chi connectivity index (χ1v) is 9.17. The molecule has 4 rings (SSSR count). The molecule has 2 aromatic carbocycles. The molecule has 8 heteroatoms. The quantitative estimate of drug-likeness (QED) is 0.454. The molecule has 2 aromatic heterocycles. The molecular formula is C21H16ClF3N4. The van der Waals surface area contributed by atoms with Gasteiger partial charge in [0, 0.05) is 35.5 Å². The second-order valence-electron chi connectivity index (χ2n) is 6.60. The number of halogens is 4. The Labute approximate surface area is 170 Å². The summed E-state index contributed by atoms with van der Waals surface area (Å²) in [4.78, 5) is 8.17. The summed E-state index contributed by atoms with van der Waals surface area (Å²) in [5.41, 5.74) is 0.456. The summed E-state index contributed by atoms with van der Waals surface area (Å²) in [5.74, 6) is 0.654. The predicted octanol–water partition coefficient (Wildman–Crippen LogP) is 5.84. The van der Waals surface area contributed by atoms with Crippen molar-refractivity contribution in [3.63, 3.8) is 0 Å². The van der Waals surface area contributed by atoms with Crippen molar-refractivity contribution in [1.29, 1.82) is 0 Å². The molecule has 0 amide bonds. The Morgan fingerprint density at radius 1 is 1.07 bits per heavy atom. The lowest BCUT2D eigenvalue weighted by Crippen LogP contribution is -2.18. The van der Waals surface area contributed by atoms with Crippen molar-refractivity contribution < 1.29 is 13.2 Å². The van der Waals surface area contributed by atoms with E-state index in [9.17, 15) is 13.2 Å². The van der Waals surface area contributed by atoms with Crippen molar-refractivity contribution in [1.82, 2.24) is 14.5 Å². The lowest BCUT2D eigenvalue weighted by Gasteiger charge is -2.22. The number of nitrogens with one attached hydrogen (secondary N) is 1. The highest BCUT2D eigenvalue weighted by Crippen LogP contribution is 2.35. The summed E-state index contributed by atoms with van der Waals surface area (Å²) in [6.07, 6.45) is -1.13. The molecule has 2 heterocycles. The van der Waals surface area contributed by atoms with Crippen LogP contribution in [0.15, 0.2) is 67.0 Å². The van der Waals surface area contributed by atoms with Crippen LogP contribution in [0.2, 0.25) is 5.02 Å². The van der Waals surface area contributed by atoms with Crippen molar-refractivity contribution >= 4 is 28.2 Å². The summed E-state index contributed by atoms with van der Waals surface area (Å²) in [6, 6.07) is 14.4. The highest BCUT2D eigenvalue weighted by molar-refractivity contribution is 6.30. The predicted molar refractivity (Wildman–Crippen MR) is 107 cm³/mol. The Balaban J connectivity index is 1.87. The second-order valence-corrected chi connectivity index (χ2v) is 7.03. The van der Waals surface area contributed by atoms with Crippen LogP contribution >= 0.6 is 11.6 Å². The summed E-state index contributed by atoms with van der Waals surface area (Å²) in [5, 5.41) is 4.41. The van der Waals surface area contributed by atoms with Gasteiger partial charge in [-0.25, -0.2) is 9.97 Å². The molecule has 0 saturated carbocycles. The minimum atomic E-state index is -4.56. The molecule has 0 aliphatic rings. The fraction of sp³-hybridized carbons (Fsp3) is 0.143. The fourth-order valence-electron chi connectivity index (χ4n) is 3.20. The molecule has 0 aliphatic heterocycles. The molecule has 0 spiro atoms. The minimum Gasteiger partial charge on any atom is -0.371 e. The zero-order valence-corrected chi connectivity index (χ0v) is 16.0. The summed E-state index contributed by atoms with van der Waals surface area (Å²) >= 11 is 6.01. The molecule has 0 bridgehead atoms. The van der Waals surface area contributed by atoms with E-state index in [1.165, 1.54) is 0 Å². The largest absolute Gasteiger partial charge is 0.433 e. The molecular weight excluding hydrogens is 401 g/mol. The van der Waals surface area contributed by atoms with Gasteiger partial charge in [-0.05, 0) is 29.8 Å². The lowest BCUT2D eigenvalue weighted by atomic mass is 10.0. The number of pyridine rings is 1. The third kappa shape index (κ3) is 3.91. The SMILES string of the molecule is Cn1ccnc1[C@H](Nc1cc(C(F)(F)F)nc2ccccc12)c1ccc(Cl)cc1. The molecule has 29 heavy (non-hydrogen) atoms. The van der Waals surface area contributed by atoms with E-state index in [0.29, 0.717) is 21.9 Å². The van der Waals surface area contributed by atoms with Gasteiger partial charge in [0.15, 0.2) is 0 Å². The van der Waals surface area contributed by atoms with Gasteiger partial charge >= 0.3 is 6.18 Å². The highest BCUT2D eigenvalue weighted by atomic mass is 35.5. The number of imidazole rings is 1. The van der Waals surface area contributed by atoms with E-state index < -0.39 is 17.9 Å². The van der Waals surface area contributed by atoms with Crippen molar-refractivity contribution in [2.24, 2.45) is 7.05 Å². The van der Waals surface area contributed by atoms with Gasteiger partial charge in [0.05, 0.1) is 5.52 Å². The van der Waals surface area contributed by atoms with E-state index in [-0.39, 0.29) is 5.52 Å². The lowest BCUT2D eigenvalue weighted by molar-refractivity contribution is -0.140. The highest BCUT2D eigenvalue weighted by Gasteiger charge is 2.33. The molecule has 1 atom stereocenters. The Morgan fingerprint density at radius 2 is 1.79 bits per heavy atom. The monoisotopic (exact) mass is 416 g/mol. The van der Waals surface area contributed by atoms with Gasteiger partial charge < -0.3 is 9.88 Å². The van der Waals surface area contributed by atoms with Crippen molar-refractivity contribution in [2.75, 3.05) is 5.32 Å². The topological polar surface area (TPSA) is 42.7 Å². The number of nitrogens with zero attached hydrogens (tertiary/aromatic N) is 3. The van der Waals surface area contributed by atoms with Crippen LogP contribution in [-0.4, -0.2) is 14.5 Å². The summed E-state index contributed by atoms with van der Waals surface area (Å²) in [6.45, 7) is 0. The zero-order chi connectivity index (χ0) is 20.6. The number of benzene rings is 2. The van der Waals surface area contributed by atoms with E-state index in [1.54, 1.807) is 48.8 Å². The molecule has 0 radical (unpaired) electrons. The first-order valence-electron chi connectivity index (χ1n) is 8.79. The molecule has 1 N–H and O–H groups in total. The normalized spacial score (nSPS) is 12.9. The van der Waals surface area contributed by atoms with Crippen LogP contribution in [-0.2, 0) is 13.2 Å². The van der Waals surface area contributed by atoms with E-state index in [2.05, 4.69) is 15.3 Å². The molecule has 0 aliphatic carbocycles. The van der Waals surface area contributed by atoms with Crippen LogP contribution < -0.4 is 5.32 Å². The average molecular weight is 417 g/mol. The Hall–Kier alpha value is -3.06. The van der Waals surface area contributed by atoms with Crippen LogP contribution in [0, 0.1) is 0 Å². The first-order chi connectivity index (χ1) is 13.8. The maximum Gasteiger partial charge on any atom is 0.433 e. The number of para-hydroxylation sites is 1. The van der Waals surface area contributed by atoms with Gasteiger partial charge in [0.2, 0.25) is 0 Å². The van der Waals surface area contributed by atoms with Crippen molar-refractivity contribution in [3.8, 4) is 0 Å². The fourth-order valence-corrected chi connectivity index (χ4v) is 3.33. The minimum absolute atomic E-state index is 0.263. The molecule has 0 saturated heterocycles. The van der Waals surface area contributed by atoms with Gasteiger partial charge in [-0.3, -0.25) is 0 Å². The van der Waals surface area contributed by atoms with Crippen LogP contribution in [0.25, 0.3) is 10.9 Å². The van der Waals surface area contributed by atoms with Gasteiger partial charge in [-0.2, -0.15) is 13.2 Å². The first kappa shape index (κ1) is 19.3. The van der Waals surface area contributed by atoms with Crippen LogP contribution in [0.3, 0.4) is 0 Å². The third-order valence-electron chi connectivity index (χ3n) is 4.63. The molecule has 148 valence electrons. The van der Waals surface area contributed by atoms with Crippen LogP contribution in [0.1, 0.15) is 23.1 Å². The van der Waals surface area contributed by atoms with Gasteiger partial charge in [0.25, 0.3) is 0 Å². The van der Waals surface area contributed by atoms with E-state index in [0.717, 1.165) is 11.6 Å². The standard InChI is InChI=1S/C21H16ClF3N4/c1-29-11-10-26-20(29)19(13-6-8-14(22)9-7-13)28-17-12-18(21(23,24)25)27-16-5-3-2-4-15(16)17/h2-12,19H,1H3,(H,27,28)/t19-/m1/s1. The smallest absolute Gasteiger partial charge is 0.371 e. The number of fused-ring (bicyclic) bond motifs is 1. The number of hydrogen-bond donors (Lipinski definition) is 1. The Kier molecular flexibility index (Phi) is 4.92. The third-order valence-corrected chi connectivity index (χ3v) is 4.88. The maximum absolute atomic E-state index is 13.4. The summed E-state index contributed by atoms with van der Waals surface area (Å²) < 4.78 is 42.1. The van der Waals surface area contributed by atoms with E-state index in [1.807, 2.05) is 23.7 Å². The number of anilines is 1. The number of hydrogen-bond acceptors (Lipinski definition) is 3. The van der Waals surface area contributed by atoms with Crippen LogP contribution in [0.4, 0.5) is 18.9 Å². The summed E-state index contributed by atoms with van der Waals surface area (Å²) in [7, 11) is 1.83. The molecule has 0 fully saturated rings. The molecule has 4 aromatic rings. The second kappa shape index (κ2) is 7.40. The average Bonchev–Trinajstić information content (AvgIpc) is 3.11. The molecule has 0 unspecified atom stereocenters. The van der Waals surface area contributed by atoms with Crippen molar-refractivity contribution in [3.05, 3.63) is 89.1 Å². The Morgan fingerprint density at radius 3 is 2.45 bits per heavy atom. The number of aromatic nitrogens is 3. The maximum atomic E-state index is 13.4. The van der Waals surface area contributed by atoms with Crippen molar-refractivity contribution in [2.45, 2.75) is 12.2 Å².